The van der Waals surface area contributed by atoms with Crippen molar-refractivity contribution in [1.82, 2.24) is 0 Å². The number of carbonyl (C=O) groups excluding carboxylic acids is 1. The Balaban J connectivity index is 2.01. The van der Waals surface area contributed by atoms with Crippen molar-refractivity contribution in [3.8, 4) is 5.75 Å². The molecule has 0 N–H and O–H groups in total. The molecule has 126 valence electrons. The molecule has 24 heavy (non-hydrogen) atoms. The number of benzene rings is 2. The van der Waals surface area contributed by atoms with Crippen LogP contribution >= 0.6 is 0 Å². The lowest BCUT2D eigenvalue weighted by atomic mass is 10.0. The van der Waals surface area contributed by atoms with Crippen molar-refractivity contribution in [3.63, 3.8) is 0 Å². The Bertz CT molecular complexity index is 733. The highest BCUT2D eigenvalue weighted by molar-refractivity contribution is 5.99. The Kier molecular flexibility index (Phi) is 6.13. The summed E-state index contributed by atoms with van der Waals surface area (Å²) in [6.45, 7) is 8.61. The largest absolute Gasteiger partial charge is 0.494 e. The minimum atomic E-state index is -0.486. The van der Waals surface area contributed by atoms with E-state index >= 15 is 0 Å². The van der Waals surface area contributed by atoms with Gasteiger partial charge in [0.15, 0.2) is 0 Å². The van der Waals surface area contributed by atoms with Crippen LogP contribution in [0, 0.1) is 13.8 Å². The number of rotatable bonds is 6. The molecule has 0 saturated heterocycles. The Labute approximate surface area is 143 Å². The molecule has 0 saturated carbocycles. The molecule has 0 radical (unpaired) electrons. The molecule has 0 amide bonds. The Morgan fingerprint density at radius 2 is 1.67 bits per heavy atom. The summed E-state index contributed by atoms with van der Waals surface area (Å²) in [6, 6.07) is 12.9. The minimum absolute atomic E-state index is 0.440. The third-order valence-corrected chi connectivity index (χ3v) is 3.75. The van der Waals surface area contributed by atoms with Crippen LogP contribution in [0.5, 0.6) is 5.75 Å². The van der Waals surface area contributed by atoms with E-state index in [1.54, 1.807) is 24.3 Å². The molecule has 4 heteroatoms. The number of carbonyl (C=O) groups is 1. The molecule has 0 spiro atoms. The Morgan fingerprint density at radius 1 is 1.00 bits per heavy atom. The number of hydrogen-bond donors (Lipinski definition) is 0. The van der Waals surface area contributed by atoms with Crippen LogP contribution in [-0.2, 0) is 4.84 Å². The monoisotopic (exact) mass is 325 g/mol. The van der Waals surface area contributed by atoms with Crippen molar-refractivity contribution < 1.29 is 14.4 Å². The summed E-state index contributed by atoms with van der Waals surface area (Å²) < 4.78 is 5.49. The zero-order valence-corrected chi connectivity index (χ0v) is 14.6. The van der Waals surface area contributed by atoms with Crippen molar-refractivity contribution in [1.29, 1.82) is 0 Å². The van der Waals surface area contributed by atoms with Crippen LogP contribution in [0.1, 0.15) is 47.3 Å². The number of nitrogens with zero attached hydrogens (tertiary/aromatic N) is 1. The van der Waals surface area contributed by atoms with Crippen LogP contribution in [0.15, 0.2) is 47.6 Å². The molecule has 0 aliphatic carbocycles. The van der Waals surface area contributed by atoms with E-state index in [-0.39, 0.29) is 0 Å². The standard InChI is InChI=1S/C20H23NO3/c1-5-12-23-19-10-8-17(9-11-19)20(22)24-21-16(4)18-7-6-14(2)15(3)13-18/h6-11,13H,5,12H2,1-4H3. The van der Waals surface area contributed by atoms with Gasteiger partial charge in [0.1, 0.15) is 5.75 Å². The molecule has 2 aromatic carbocycles. The third kappa shape index (κ3) is 4.69. The van der Waals surface area contributed by atoms with Gasteiger partial charge in [0.2, 0.25) is 0 Å². The summed E-state index contributed by atoms with van der Waals surface area (Å²) in [7, 11) is 0. The molecule has 0 bridgehead atoms. The van der Waals surface area contributed by atoms with Gasteiger partial charge >= 0.3 is 5.97 Å². The van der Waals surface area contributed by atoms with Crippen LogP contribution in [-0.4, -0.2) is 18.3 Å². The first kappa shape index (κ1) is 17.7. The minimum Gasteiger partial charge on any atom is -0.494 e. The van der Waals surface area contributed by atoms with Gasteiger partial charge < -0.3 is 9.57 Å². The number of ether oxygens (including phenoxy) is 1. The van der Waals surface area contributed by atoms with Gasteiger partial charge in [-0.05, 0) is 74.2 Å². The maximum atomic E-state index is 12.1. The van der Waals surface area contributed by atoms with Crippen molar-refractivity contribution in [2.75, 3.05) is 6.61 Å². The fourth-order valence-corrected chi connectivity index (χ4v) is 2.09. The summed E-state index contributed by atoms with van der Waals surface area (Å²) in [5.41, 5.74) is 4.43. The first-order chi connectivity index (χ1) is 11.5. The fraction of sp³-hybridized carbons (Fsp3) is 0.300. The van der Waals surface area contributed by atoms with Crippen LogP contribution in [0.4, 0.5) is 0 Å². The third-order valence-electron chi connectivity index (χ3n) is 3.75. The number of hydrogen-bond acceptors (Lipinski definition) is 4. The van der Waals surface area contributed by atoms with Crippen molar-refractivity contribution in [2.24, 2.45) is 5.16 Å². The molecule has 2 aromatic rings. The molecule has 4 nitrogen and oxygen atoms in total. The number of aryl methyl sites for hydroxylation is 2. The zero-order valence-electron chi connectivity index (χ0n) is 14.6. The normalized spacial score (nSPS) is 11.2. The highest BCUT2D eigenvalue weighted by Gasteiger charge is 2.08. The second-order valence-electron chi connectivity index (χ2n) is 5.73. The van der Waals surface area contributed by atoms with Crippen molar-refractivity contribution in [3.05, 3.63) is 64.7 Å². The average Bonchev–Trinajstić information content (AvgIpc) is 2.60. The Morgan fingerprint density at radius 3 is 2.29 bits per heavy atom. The lowest BCUT2D eigenvalue weighted by Crippen LogP contribution is -2.04. The van der Waals surface area contributed by atoms with E-state index < -0.39 is 5.97 Å². The lowest BCUT2D eigenvalue weighted by molar-refractivity contribution is 0.0516. The summed E-state index contributed by atoms with van der Waals surface area (Å²) in [5, 5.41) is 3.95. The van der Waals surface area contributed by atoms with Gasteiger partial charge in [-0.15, -0.1) is 0 Å². The van der Waals surface area contributed by atoms with Crippen molar-refractivity contribution >= 4 is 11.7 Å². The van der Waals surface area contributed by atoms with E-state index in [4.69, 9.17) is 9.57 Å². The van der Waals surface area contributed by atoms with Crippen LogP contribution in [0.3, 0.4) is 0 Å². The van der Waals surface area contributed by atoms with Crippen LogP contribution in [0.25, 0.3) is 0 Å². The zero-order chi connectivity index (χ0) is 17.5. The SMILES string of the molecule is CCCOc1ccc(C(=O)ON=C(C)c2ccc(C)c(C)c2)cc1. The Hall–Kier alpha value is -2.62. The molecule has 0 aliphatic rings. The number of oxime groups is 1. The topological polar surface area (TPSA) is 47.9 Å². The molecule has 0 unspecified atom stereocenters. The van der Waals surface area contributed by atoms with Gasteiger partial charge in [0.25, 0.3) is 0 Å². The van der Waals surface area contributed by atoms with Gasteiger partial charge in [-0.1, -0.05) is 24.2 Å². The van der Waals surface area contributed by atoms with E-state index in [1.807, 2.05) is 39.0 Å². The molecular formula is C20H23NO3. The maximum Gasteiger partial charge on any atom is 0.365 e. The van der Waals surface area contributed by atoms with E-state index in [0.29, 0.717) is 17.9 Å². The predicted octanol–water partition coefficient (Wildman–Crippen LogP) is 4.67. The second-order valence-corrected chi connectivity index (χ2v) is 5.73. The van der Waals surface area contributed by atoms with Gasteiger partial charge in [-0.2, -0.15) is 0 Å². The van der Waals surface area contributed by atoms with Crippen LogP contribution in [0.2, 0.25) is 0 Å². The van der Waals surface area contributed by atoms with Gasteiger partial charge in [0.05, 0.1) is 17.9 Å². The smallest absolute Gasteiger partial charge is 0.365 e. The van der Waals surface area contributed by atoms with Gasteiger partial charge in [-0.25, -0.2) is 4.79 Å². The molecule has 0 atom stereocenters. The first-order valence-corrected chi connectivity index (χ1v) is 8.07. The van der Waals surface area contributed by atoms with E-state index in [1.165, 1.54) is 11.1 Å². The van der Waals surface area contributed by atoms with E-state index in [9.17, 15) is 4.79 Å². The van der Waals surface area contributed by atoms with Gasteiger partial charge in [-0.3, -0.25) is 0 Å². The lowest BCUT2D eigenvalue weighted by Gasteiger charge is -2.06. The average molecular weight is 325 g/mol. The predicted molar refractivity (Wildman–Crippen MR) is 95.8 cm³/mol. The first-order valence-electron chi connectivity index (χ1n) is 8.07. The van der Waals surface area contributed by atoms with E-state index in [0.717, 1.165) is 17.7 Å². The quantitative estimate of drug-likeness (QED) is 0.440. The highest BCUT2D eigenvalue weighted by atomic mass is 16.7. The molecule has 0 heterocycles. The fourth-order valence-electron chi connectivity index (χ4n) is 2.09. The van der Waals surface area contributed by atoms with Crippen LogP contribution < -0.4 is 4.74 Å². The van der Waals surface area contributed by atoms with E-state index in [2.05, 4.69) is 12.1 Å². The highest BCUT2D eigenvalue weighted by Crippen LogP contribution is 2.14. The second kappa shape index (κ2) is 8.29. The summed E-state index contributed by atoms with van der Waals surface area (Å²) in [6.07, 6.45) is 0.941. The summed E-state index contributed by atoms with van der Waals surface area (Å²) in [4.78, 5) is 17.1. The summed E-state index contributed by atoms with van der Waals surface area (Å²) >= 11 is 0. The molecule has 0 aliphatic heterocycles. The molecule has 0 aromatic heterocycles. The van der Waals surface area contributed by atoms with Crippen molar-refractivity contribution in [2.45, 2.75) is 34.1 Å². The summed E-state index contributed by atoms with van der Waals surface area (Å²) in [5.74, 6) is 0.253. The molecule has 2 rings (SSSR count). The molecular weight excluding hydrogens is 302 g/mol. The maximum absolute atomic E-state index is 12.1. The molecule has 0 fully saturated rings. The van der Waals surface area contributed by atoms with Gasteiger partial charge in [0, 0.05) is 0 Å².